The fraction of sp³-hybridized carbons (Fsp3) is 0.467. The molecule has 0 aliphatic carbocycles. The molecule has 3 heterocycles. The van der Waals surface area contributed by atoms with Crippen molar-refractivity contribution in [3.05, 3.63) is 29.5 Å². The van der Waals surface area contributed by atoms with Crippen LogP contribution in [0.4, 0.5) is 0 Å². The molecule has 0 saturated carbocycles. The third kappa shape index (κ3) is 3.33. The molecule has 1 N–H and O–H groups in total. The summed E-state index contributed by atoms with van der Waals surface area (Å²) in [5.41, 5.74) is 0.662. The van der Waals surface area contributed by atoms with Crippen LogP contribution >= 0.6 is 11.3 Å². The van der Waals surface area contributed by atoms with Crippen molar-refractivity contribution in [3.8, 4) is 10.8 Å². The number of carbonyl (C=O) groups is 1. The van der Waals surface area contributed by atoms with E-state index in [1.165, 1.54) is 0 Å². The summed E-state index contributed by atoms with van der Waals surface area (Å²) in [4.78, 5) is 19.5. The first-order valence-corrected chi connectivity index (χ1v) is 8.01. The molecule has 3 rings (SSSR count). The summed E-state index contributed by atoms with van der Waals surface area (Å²) >= 11 is 1.56. The fourth-order valence-corrected chi connectivity index (χ4v) is 3.26. The number of piperidine rings is 1. The molecule has 6 heteroatoms. The Morgan fingerprint density at radius 3 is 3.24 bits per heavy atom. The molecule has 0 bridgehead atoms. The summed E-state index contributed by atoms with van der Waals surface area (Å²) < 4.78 is 5.43. The maximum absolute atomic E-state index is 12.3. The Balaban J connectivity index is 1.62. The summed E-state index contributed by atoms with van der Waals surface area (Å²) in [6.07, 6.45) is 3.76. The van der Waals surface area contributed by atoms with Crippen molar-refractivity contribution in [2.24, 2.45) is 5.92 Å². The first-order chi connectivity index (χ1) is 10.3. The highest BCUT2D eigenvalue weighted by Gasteiger charge is 2.24. The van der Waals surface area contributed by atoms with Crippen LogP contribution in [0.2, 0.25) is 0 Å². The van der Waals surface area contributed by atoms with E-state index in [0.717, 1.165) is 24.3 Å². The Bertz CT molecular complexity index is 594. The standard InChI is InChI=1S/C15H18N2O3S/c18-9-11-3-1-5-17(8-11)14(19)7-12-10-20-15(16-12)13-4-2-6-21-13/h2,4,6,10-11,18H,1,3,5,7-9H2. The molecule has 1 unspecified atom stereocenters. The maximum Gasteiger partial charge on any atom is 0.236 e. The monoisotopic (exact) mass is 306 g/mol. The van der Waals surface area contributed by atoms with Gasteiger partial charge in [0.15, 0.2) is 0 Å². The number of oxazole rings is 1. The van der Waals surface area contributed by atoms with E-state index in [1.54, 1.807) is 17.6 Å². The van der Waals surface area contributed by atoms with Gasteiger partial charge in [-0.15, -0.1) is 11.3 Å². The summed E-state index contributed by atoms with van der Waals surface area (Å²) in [5, 5.41) is 11.2. The van der Waals surface area contributed by atoms with Gasteiger partial charge in [0.1, 0.15) is 6.26 Å². The van der Waals surface area contributed by atoms with Crippen molar-refractivity contribution in [3.63, 3.8) is 0 Å². The maximum atomic E-state index is 12.3. The first-order valence-electron chi connectivity index (χ1n) is 7.13. The van der Waals surface area contributed by atoms with Crippen molar-refractivity contribution in [2.75, 3.05) is 19.7 Å². The number of aliphatic hydroxyl groups excluding tert-OH is 1. The van der Waals surface area contributed by atoms with E-state index in [4.69, 9.17) is 4.42 Å². The molecule has 1 fully saturated rings. The van der Waals surface area contributed by atoms with E-state index >= 15 is 0 Å². The number of aromatic nitrogens is 1. The molecule has 1 aliphatic heterocycles. The number of rotatable bonds is 4. The number of likely N-dealkylation sites (tertiary alicyclic amines) is 1. The molecule has 1 saturated heterocycles. The van der Waals surface area contributed by atoms with Crippen LogP contribution in [0, 0.1) is 5.92 Å². The summed E-state index contributed by atoms with van der Waals surface area (Å²) in [6.45, 7) is 1.56. The Morgan fingerprint density at radius 2 is 2.48 bits per heavy atom. The Labute approximate surface area is 127 Å². The van der Waals surface area contributed by atoms with Gasteiger partial charge in [0.05, 0.1) is 17.0 Å². The lowest BCUT2D eigenvalue weighted by Gasteiger charge is -2.31. The molecule has 0 spiro atoms. The van der Waals surface area contributed by atoms with Gasteiger partial charge >= 0.3 is 0 Å². The molecule has 2 aromatic rings. The molecule has 0 aromatic carbocycles. The summed E-state index contributed by atoms with van der Waals surface area (Å²) in [5.74, 6) is 0.834. The fourth-order valence-electron chi connectivity index (χ4n) is 2.61. The topological polar surface area (TPSA) is 66.6 Å². The number of aliphatic hydroxyl groups is 1. The summed E-state index contributed by atoms with van der Waals surface area (Å²) in [7, 11) is 0. The van der Waals surface area contributed by atoms with Crippen molar-refractivity contribution >= 4 is 17.2 Å². The van der Waals surface area contributed by atoms with Crippen LogP contribution in [0.1, 0.15) is 18.5 Å². The minimum atomic E-state index is 0.0548. The number of thiophene rings is 1. The van der Waals surface area contributed by atoms with Crippen LogP contribution in [-0.2, 0) is 11.2 Å². The van der Waals surface area contributed by atoms with Crippen LogP contribution in [0.5, 0.6) is 0 Å². The molecule has 1 aliphatic rings. The van der Waals surface area contributed by atoms with Gasteiger partial charge in [-0.1, -0.05) is 6.07 Å². The van der Waals surface area contributed by atoms with Gasteiger partial charge in [-0.25, -0.2) is 4.98 Å². The van der Waals surface area contributed by atoms with Crippen LogP contribution < -0.4 is 0 Å². The van der Waals surface area contributed by atoms with Crippen molar-refractivity contribution in [2.45, 2.75) is 19.3 Å². The molecule has 2 aromatic heterocycles. The van der Waals surface area contributed by atoms with Gasteiger partial charge in [0, 0.05) is 19.7 Å². The van der Waals surface area contributed by atoms with E-state index in [2.05, 4.69) is 4.98 Å². The Kier molecular flexibility index (Phi) is 4.36. The third-order valence-electron chi connectivity index (χ3n) is 3.75. The number of amides is 1. The van der Waals surface area contributed by atoms with Crippen molar-refractivity contribution in [1.82, 2.24) is 9.88 Å². The smallest absolute Gasteiger partial charge is 0.236 e. The number of hydrogen-bond donors (Lipinski definition) is 1. The van der Waals surface area contributed by atoms with Gasteiger partial charge in [0.2, 0.25) is 11.8 Å². The number of hydrogen-bond acceptors (Lipinski definition) is 5. The molecular weight excluding hydrogens is 288 g/mol. The molecule has 112 valence electrons. The normalized spacial score (nSPS) is 18.9. The van der Waals surface area contributed by atoms with E-state index in [1.807, 2.05) is 22.4 Å². The minimum Gasteiger partial charge on any atom is -0.444 e. The van der Waals surface area contributed by atoms with Gasteiger partial charge in [-0.05, 0) is 30.2 Å². The first kappa shape index (κ1) is 14.3. The van der Waals surface area contributed by atoms with E-state index < -0.39 is 0 Å². The third-order valence-corrected chi connectivity index (χ3v) is 4.60. The average molecular weight is 306 g/mol. The highest BCUT2D eigenvalue weighted by Crippen LogP contribution is 2.24. The average Bonchev–Trinajstić information content (AvgIpc) is 3.18. The van der Waals surface area contributed by atoms with Gasteiger partial charge in [-0.2, -0.15) is 0 Å². The second kappa shape index (κ2) is 6.41. The van der Waals surface area contributed by atoms with Crippen LogP contribution in [0.15, 0.2) is 28.2 Å². The van der Waals surface area contributed by atoms with Crippen LogP contribution in [-0.4, -0.2) is 40.6 Å². The summed E-state index contributed by atoms with van der Waals surface area (Å²) in [6, 6.07) is 3.89. The SMILES string of the molecule is O=C(Cc1coc(-c2cccs2)n1)N1CCCC(CO)C1. The van der Waals surface area contributed by atoms with Crippen molar-refractivity contribution < 1.29 is 14.3 Å². The quantitative estimate of drug-likeness (QED) is 0.940. The lowest BCUT2D eigenvalue weighted by atomic mass is 9.99. The predicted octanol–water partition coefficient (Wildman–Crippen LogP) is 2.18. The van der Waals surface area contributed by atoms with Gasteiger partial charge < -0.3 is 14.4 Å². The largest absolute Gasteiger partial charge is 0.444 e. The molecule has 21 heavy (non-hydrogen) atoms. The Morgan fingerprint density at radius 1 is 1.57 bits per heavy atom. The second-order valence-electron chi connectivity index (χ2n) is 5.33. The number of nitrogens with zero attached hydrogens (tertiary/aromatic N) is 2. The predicted molar refractivity (Wildman–Crippen MR) is 79.9 cm³/mol. The zero-order valence-corrected chi connectivity index (χ0v) is 12.5. The van der Waals surface area contributed by atoms with Crippen molar-refractivity contribution in [1.29, 1.82) is 0 Å². The molecule has 1 amide bonds. The zero-order chi connectivity index (χ0) is 14.7. The molecule has 1 atom stereocenters. The Hall–Kier alpha value is -1.66. The molecule has 5 nitrogen and oxygen atoms in total. The zero-order valence-electron chi connectivity index (χ0n) is 11.7. The van der Waals surface area contributed by atoms with Gasteiger partial charge in [-0.3, -0.25) is 4.79 Å². The lowest BCUT2D eigenvalue weighted by molar-refractivity contribution is -0.132. The van der Waals surface area contributed by atoms with E-state index in [0.29, 0.717) is 18.1 Å². The second-order valence-corrected chi connectivity index (χ2v) is 6.28. The number of carbonyl (C=O) groups excluding carboxylic acids is 1. The molecule has 0 radical (unpaired) electrons. The highest BCUT2D eigenvalue weighted by atomic mass is 32.1. The van der Waals surface area contributed by atoms with Crippen LogP contribution in [0.25, 0.3) is 10.8 Å². The van der Waals surface area contributed by atoms with Gasteiger partial charge in [0.25, 0.3) is 0 Å². The van der Waals surface area contributed by atoms with E-state index in [9.17, 15) is 9.90 Å². The lowest BCUT2D eigenvalue weighted by Crippen LogP contribution is -2.41. The minimum absolute atomic E-state index is 0.0548. The van der Waals surface area contributed by atoms with Crippen LogP contribution in [0.3, 0.4) is 0 Å². The van der Waals surface area contributed by atoms with E-state index in [-0.39, 0.29) is 24.9 Å². The molecular formula is C15H18N2O3S. The highest BCUT2D eigenvalue weighted by molar-refractivity contribution is 7.13.